The number of hydrogen-bond donors (Lipinski definition) is 0. The van der Waals surface area contributed by atoms with Gasteiger partial charge in [0.05, 0.1) is 0 Å². The molecule has 2 aromatic rings. The highest BCUT2D eigenvalue weighted by atomic mass is 19.1. The maximum absolute atomic E-state index is 13.6. The Morgan fingerprint density at radius 3 is 2.84 bits per heavy atom. The first kappa shape index (κ1) is 13.6. The molecule has 0 aliphatic heterocycles. The van der Waals surface area contributed by atoms with Gasteiger partial charge in [0.2, 0.25) is 5.82 Å². The summed E-state index contributed by atoms with van der Waals surface area (Å²) < 4.78 is 24.2. The van der Waals surface area contributed by atoms with Crippen LogP contribution < -0.4 is 0 Å². The quantitative estimate of drug-likeness (QED) is 0.831. The predicted octanol–water partition coefficient (Wildman–Crippen LogP) is 3.00. The van der Waals surface area contributed by atoms with Crippen LogP contribution in [0.5, 0.6) is 0 Å². The molecule has 0 bridgehead atoms. The molecule has 5 nitrogen and oxygen atoms in total. The molecule has 0 N–H and O–H groups in total. The molecule has 1 atom stereocenters. The first-order valence-corrected chi connectivity index (χ1v) is 6.19. The molecule has 0 aliphatic carbocycles. The zero-order valence-electron chi connectivity index (χ0n) is 11.1. The summed E-state index contributed by atoms with van der Waals surface area (Å²) >= 11 is 0. The molecular weight excluding hydrogens is 249 g/mol. The highest BCUT2D eigenvalue weighted by Gasteiger charge is 2.23. The van der Waals surface area contributed by atoms with Crippen molar-refractivity contribution in [2.24, 2.45) is 5.92 Å². The van der Waals surface area contributed by atoms with E-state index < -0.39 is 5.82 Å². The first-order valence-electron chi connectivity index (χ1n) is 6.19. The molecular formula is C13H16FN3O2. The summed E-state index contributed by atoms with van der Waals surface area (Å²) in [6, 6.07) is 2.81. The second-order valence-electron chi connectivity index (χ2n) is 4.41. The maximum Gasteiger partial charge on any atom is 0.279 e. The highest BCUT2D eigenvalue weighted by molar-refractivity contribution is 5.46. The van der Waals surface area contributed by atoms with Crippen LogP contribution in [-0.2, 0) is 4.74 Å². The number of aromatic nitrogens is 3. The summed E-state index contributed by atoms with van der Waals surface area (Å²) in [7, 11) is 0. The SMILES string of the molecule is CCOC(c1noc(-c2ncccc2F)n1)C(C)C. The Kier molecular flexibility index (Phi) is 4.21. The average molecular weight is 265 g/mol. The van der Waals surface area contributed by atoms with Crippen LogP contribution in [0.1, 0.15) is 32.7 Å². The zero-order valence-corrected chi connectivity index (χ0v) is 11.1. The van der Waals surface area contributed by atoms with E-state index in [9.17, 15) is 4.39 Å². The third-order valence-electron chi connectivity index (χ3n) is 2.61. The van der Waals surface area contributed by atoms with Crippen LogP contribution >= 0.6 is 0 Å². The van der Waals surface area contributed by atoms with E-state index in [4.69, 9.17) is 9.26 Å². The molecule has 0 fully saturated rings. The average Bonchev–Trinajstić information content (AvgIpc) is 2.85. The van der Waals surface area contributed by atoms with Crippen molar-refractivity contribution in [2.75, 3.05) is 6.61 Å². The van der Waals surface area contributed by atoms with E-state index in [1.807, 2.05) is 20.8 Å². The minimum atomic E-state index is -0.491. The van der Waals surface area contributed by atoms with E-state index in [1.54, 1.807) is 0 Å². The van der Waals surface area contributed by atoms with E-state index >= 15 is 0 Å². The lowest BCUT2D eigenvalue weighted by Gasteiger charge is -2.16. The van der Waals surface area contributed by atoms with Crippen molar-refractivity contribution in [1.82, 2.24) is 15.1 Å². The van der Waals surface area contributed by atoms with Crippen LogP contribution in [0.2, 0.25) is 0 Å². The molecule has 0 amide bonds. The molecule has 6 heteroatoms. The van der Waals surface area contributed by atoms with E-state index in [0.29, 0.717) is 12.4 Å². The Hall–Kier alpha value is -1.82. The van der Waals surface area contributed by atoms with Crippen LogP contribution in [0.4, 0.5) is 4.39 Å². The van der Waals surface area contributed by atoms with Gasteiger partial charge in [-0.05, 0) is 25.0 Å². The van der Waals surface area contributed by atoms with Gasteiger partial charge in [-0.15, -0.1) is 0 Å². The van der Waals surface area contributed by atoms with E-state index in [-0.39, 0.29) is 23.6 Å². The molecule has 2 aromatic heterocycles. The molecule has 0 aliphatic rings. The van der Waals surface area contributed by atoms with Gasteiger partial charge in [0.25, 0.3) is 5.89 Å². The van der Waals surface area contributed by atoms with Gasteiger partial charge in [0.1, 0.15) is 6.10 Å². The van der Waals surface area contributed by atoms with Crippen molar-refractivity contribution >= 4 is 0 Å². The van der Waals surface area contributed by atoms with E-state index in [0.717, 1.165) is 0 Å². The van der Waals surface area contributed by atoms with Crippen molar-refractivity contribution in [3.63, 3.8) is 0 Å². The largest absolute Gasteiger partial charge is 0.370 e. The molecule has 2 rings (SSSR count). The van der Waals surface area contributed by atoms with Gasteiger partial charge < -0.3 is 9.26 Å². The Labute approximate surface area is 110 Å². The van der Waals surface area contributed by atoms with Crippen LogP contribution in [0.25, 0.3) is 11.6 Å². The van der Waals surface area contributed by atoms with Crippen molar-refractivity contribution < 1.29 is 13.7 Å². The fraction of sp³-hybridized carbons (Fsp3) is 0.462. The zero-order chi connectivity index (χ0) is 13.8. The predicted molar refractivity (Wildman–Crippen MR) is 66.7 cm³/mol. The number of halogens is 1. The van der Waals surface area contributed by atoms with Crippen LogP contribution in [0.15, 0.2) is 22.9 Å². The number of rotatable bonds is 5. The fourth-order valence-corrected chi connectivity index (χ4v) is 1.73. The Balaban J connectivity index is 2.30. The van der Waals surface area contributed by atoms with Gasteiger partial charge >= 0.3 is 0 Å². The van der Waals surface area contributed by atoms with E-state index in [1.165, 1.54) is 18.3 Å². The summed E-state index contributed by atoms with van der Waals surface area (Å²) in [5, 5.41) is 3.86. The second kappa shape index (κ2) is 5.88. The van der Waals surface area contributed by atoms with Crippen LogP contribution in [0.3, 0.4) is 0 Å². The van der Waals surface area contributed by atoms with Crippen LogP contribution in [0, 0.1) is 11.7 Å². The summed E-state index contributed by atoms with van der Waals surface area (Å²) in [5.41, 5.74) is 0.0558. The Morgan fingerprint density at radius 1 is 1.42 bits per heavy atom. The fourth-order valence-electron chi connectivity index (χ4n) is 1.73. The first-order chi connectivity index (χ1) is 9.13. The lowest BCUT2D eigenvalue weighted by Crippen LogP contribution is -2.12. The third kappa shape index (κ3) is 2.96. The number of nitrogens with zero attached hydrogens (tertiary/aromatic N) is 3. The molecule has 1 unspecified atom stereocenters. The van der Waals surface area contributed by atoms with Gasteiger partial charge in [0.15, 0.2) is 11.5 Å². The van der Waals surface area contributed by atoms with Crippen molar-refractivity contribution in [3.05, 3.63) is 30.0 Å². The highest BCUT2D eigenvalue weighted by Crippen LogP contribution is 2.26. The molecule has 0 spiro atoms. The Morgan fingerprint density at radius 2 is 2.21 bits per heavy atom. The summed E-state index contributed by atoms with van der Waals surface area (Å²) in [5.74, 6) is 0.185. The minimum absolute atomic E-state index is 0.0558. The second-order valence-corrected chi connectivity index (χ2v) is 4.41. The summed E-state index contributed by atoms with van der Waals surface area (Å²) in [6.07, 6.45) is 1.21. The summed E-state index contributed by atoms with van der Waals surface area (Å²) in [4.78, 5) is 8.08. The maximum atomic E-state index is 13.6. The molecule has 0 saturated carbocycles. The summed E-state index contributed by atoms with van der Waals surface area (Å²) in [6.45, 7) is 6.44. The van der Waals surface area contributed by atoms with Crippen LogP contribution in [-0.4, -0.2) is 21.7 Å². The molecule has 0 radical (unpaired) electrons. The van der Waals surface area contributed by atoms with E-state index in [2.05, 4.69) is 15.1 Å². The van der Waals surface area contributed by atoms with Gasteiger partial charge in [0, 0.05) is 12.8 Å². The van der Waals surface area contributed by atoms with Gasteiger partial charge in [-0.25, -0.2) is 9.37 Å². The molecule has 2 heterocycles. The third-order valence-corrected chi connectivity index (χ3v) is 2.61. The molecule has 102 valence electrons. The van der Waals surface area contributed by atoms with Gasteiger partial charge in [-0.1, -0.05) is 19.0 Å². The van der Waals surface area contributed by atoms with Gasteiger partial charge in [-0.3, -0.25) is 0 Å². The number of pyridine rings is 1. The van der Waals surface area contributed by atoms with Gasteiger partial charge in [-0.2, -0.15) is 4.98 Å². The number of hydrogen-bond acceptors (Lipinski definition) is 5. The topological polar surface area (TPSA) is 61.0 Å². The smallest absolute Gasteiger partial charge is 0.279 e. The number of ether oxygens (including phenoxy) is 1. The lowest BCUT2D eigenvalue weighted by atomic mass is 10.1. The monoisotopic (exact) mass is 265 g/mol. The molecule has 19 heavy (non-hydrogen) atoms. The molecule has 0 aromatic carbocycles. The normalized spacial score (nSPS) is 12.9. The minimum Gasteiger partial charge on any atom is -0.370 e. The van der Waals surface area contributed by atoms with Crippen molar-refractivity contribution in [1.29, 1.82) is 0 Å². The standard InChI is InChI=1S/C13H16FN3O2/c1-4-18-11(8(2)3)12-16-13(19-17-12)10-9(14)6-5-7-15-10/h5-8,11H,4H2,1-3H3. The van der Waals surface area contributed by atoms with Crippen molar-refractivity contribution in [3.8, 4) is 11.6 Å². The Bertz CT molecular complexity index is 542. The lowest BCUT2D eigenvalue weighted by molar-refractivity contribution is 0.0217. The van der Waals surface area contributed by atoms with Crippen molar-refractivity contribution in [2.45, 2.75) is 26.9 Å². The molecule has 0 saturated heterocycles.